The lowest BCUT2D eigenvalue weighted by Crippen LogP contribution is -2.36. The van der Waals surface area contributed by atoms with Gasteiger partial charge < -0.3 is 14.8 Å². The molecule has 202 valence electrons. The van der Waals surface area contributed by atoms with Gasteiger partial charge in [-0.05, 0) is 80.0 Å². The molecule has 0 unspecified atom stereocenters. The van der Waals surface area contributed by atoms with E-state index >= 15 is 0 Å². The summed E-state index contributed by atoms with van der Waals surface area (Å²) in [6.07, 6.45) is 6.81. The van der Waals surface area contributed by atoms with Gasteiger partial charge in [-0.15, -0.1) is 0 Å². The van der Waals surface area contributed by atoms with E-state index < -0.39 is 40.6 Å². The highest BCUT2D eigenvalue weighted by Crippen LogP contribution is 2.32. The predicted molar refractivity (Wildman–Crippen MR) is 137 cm³/mol. The van der Waals surface area contributed by atoms with Crippen LogP contribution in [0.5, 0.6) is 5.75 Å². The van der Waals surface area contributed by atoms with Gasteiger partial charge in [0.15, 0.2) is 29.6 Å². The number of piperidine rings is 1. The maximum atomic E-state index is 14.8. The second-order valence-corrected chi connectivity index (χ2v) is 9.69. The molecule has 38 heavy (non-hydrogen) atoms. The van der Waals surface area contributed by atoms with Crippen molar-refractivity contribution in [2.24, 2.45) is 5.92 Å². The molecule has 0 aliphatic carbocycles. The van der Waals surface area contributed by atoms with Crippen LogP contribution >= 0.6 is 0 Å². The van der Waals surface area contributed by atoms with E-state index in [0.29, 0.717) is 23.8 Å². The Morgan fingerprint density at radius 2 is 1.50 bits per heavy atom. The topological polar surface area (TPSA) is 64.3 Å². The van der Waals surface area contributed by atoms with E-state index in [1.54, 1.807) is 13.8 Å². The minimum absolute atomic E-state index is 0.0538. The third-order valence-corrected chi connectivity index (χ3v) is 6.64. The highest BCUT2D eigenvalue weighted by atomic mass is 19.1. The number of hydrogen-bond acceptors (Lipinski definition) is 5. The lowest BCUT2D eigenvalue weighted by molar-refractivity contribution is -0.487. The summed E-state index contributed by atoms with van der Waals surface area (Å²) in [4.78, 5) is 10.9. The molecule has 1 aliphatic rings. The molecule has 1 aromatic heterocycles. The summed E-state index contributed by atoms with van der Waals surface area (Å²) in [6.45, 7) is 6.73. The Morgan fingerprint density at radius 3 is 2.00 bits per heavy atom. The van der Waals surface area contributed by atoms with E-state index in [0.717, 1.165) is 55.3 Å². The van der Waals surface area contributed by atoms with Gasteiger partial charge in [0.1, 0.15) is 17.2 Å². The molecule has 0 saturated carbocycles. The first-order chi connectivity index (χ1) is 18.2. The molecule has 0 bridgehead atoms. The lowest BCUT2D eigenvalue weighted by Gasteiger charge is -2.31. The smallest absolute Gasteiger partial charge is 0.225 e. The van der Waals surface area contributed by atoms with E-state index in [1.165, 1.54) is 0 Å². The summed E-state index contributed by atoms with van der Waals surface area (Å²) in [6, 6.07) is 3.31. The first-order valence-electron chi connectivity index (χ1n) is 12.6. The molecule has 3 aromatic rings. The van der Waals surface area contributed by atoms with Crippen molar-refractivity contribution in [1.82, 2.24) is 9.97 Å². The molecule has 0 radical (unpaired) electrons. The molecule has 2 aromatic carbocycles. The van der Waals surface area contributed by atoms with Crippen molar-refractivity contribution in [1.29, 1.82) is 0 Å². The van der Waals surface area contributed by atoms with Crippen molar-refractivity contribution in [3.05, 3.63) is 76.3 Å². The Bertz CT molecular complexity index is 1260. The Labute approximate surface area is 219 Å². The molecule has 1 aliphatic heterocycles. The molecule has 0 N–H and O–H groups in total. The SMILES string of the molecule is CCc1cnc(N2CCC(COc3c(F)cc(-c4cc(F)c(/C=[N+](\[O-])C(C)C)c(F)c4)cc3F)CC2)nc1. The van der Waals surface area contributed by atoms with Crippen LogP contribution in [0.2, 0.25) is 0 Å². The van der Waals surface area contributed by atoms with E-state index in [9.17, 15) is 22.8 Å². The minimum Gasteiger partial charge on any atom is -0.624 e. The molecular formula is C28H30F4N4O2. The fourth-order valence-electron chi connectivity index (χ4n) is 4.21. The number of aromatic nitrogens is 2. The summed E-state index contributed by atoms with van der Waals surface area (Å²) in [5.41, 5.74) is 0.427. The number of rotatable bonds is 8. The lowest BCUT2D eigenvalue weighted by atomic mass is 9.98. The molecule has 4 rings (SSSR count). The van der Waals surface area contributed by atoms with Crippen LogP contribution in [-0.2, 0) is 6.42 Å². The number of hydroxylamine groups is 1. The quantitative estimate of drug-likeness (QED) is 0.119. The third kappa shape index (κ3) is 6.23. The zero-order chi connectivity index (χ0) is 27.4. The summed E-state index contributed by atoms with van der Waals surface area (Å²) < 4.78 is 64.6. The second kappa shape index (κ2) is 11.8. The first kappa shape index (κ1) is 27.3. The summed E-state index contributed by atoms with van der Waals surface area (Å²) in [7, 11) is 0. The summed E-state index contributed by atoms with van der Waals surface area (Å²) in [5.74, 6) is -3.73. The maximum absolute atomic E-state index is 14.8. The normalized spacial score (nSPS) is 14.8. The van der Waals surface area contributed by atoms with Gasteiger partial charge in [0.2, 0.25) is 5.95 Å². The Balaban J connectivity index is 1.41. The highest BCUT2D eigenvalue weighted by Gasteiger charge is 2.23. The zero-order valence-electron chi connectivity index (χ0n) is 21.6. The molecule has 0 spiro atoms. The van der Waals surface area contributed by atoms with Crippen molar-refractivity contribution in [2.45, 2.75) is 46.1 Å². The largest absolute Gasteiger partial charge is 0.624 e. The fourth-order valence-corrected chi connectivity index (χ4v) is 4.21. The van der Waals surface area contributed by atoms with E-state index in [2.05, 4.69) is 14.9 Å². The van der Waals surface area contributed by atoms with Crippen LogP contribution in [0.3, 0.4) is 0 Å². The van der Waals surface area contributed by atoms with Crippen LogP contribution in [0.25, 0.3) is 11.1 Å². The van der Waals surface area contributed by atoms with Gasteiger partial charge in [-0.1, -0.05) is 6.92 Å². The third-order valence-electron chi connectivity index (χ3n) is 6.64. The zero-order valence-corrected chi connectivity index (χ0v) is 21.6. The fraction of sp³-hybridized carbons (Fsp3) is 0.393. The predicted octanol–water partition coefficient (Wildman–Crippen LogP) is 5.90. The summed E-state index contributed by atoms with van der Waals surface area (Å²) >= 11 is 0. The number of halogens is 4. The number of ether oxygens (including phenoxy) is 1. The van der Waals surface area contributed by atoms with E-state index in [-0.39, 0.29) is 23.7 Å². The number of hydrogen-bond donors (Lipinski definition) is 0. The number of anilines is 1. The first-order valence-corrected chi connectivity index (χ1v) is 12.6. The standard InChI is InChI=1S/C28H30F4N4O2/c1-4-18-13-33-28(34-14-18)35-7-5-19(6-8-35)16-38-27-25(31)11-21(12-26(27)32)20-9-23(29)22(24(30)10-20)15-36(37)17(2)3/h9-15,17,19H,4-8,16H2,1-3H3/b36-15-. The van der Waals surface area contributed by atoms with Gasteiger partial charge >= 0.3 is 0 Å². The Kier molecular flexibility index (Phi) is 8.48. The molecule has 10 heteroatoms. The highest BCUT2D eigenvalue weighted by molar-refractivity contribution is 5.79. The van der Waals surface area contributed by atoms with Gasteiger partial charge in [-0.25, -0.2) is 32.3 Å². The van der Waals surface area contributed by atoms with Crippen LogP contribution in [0.15, 0.2) is 36.7 Å². The van der Waals surface area contributed by atoms with Crippen LogP contribution in [0.1, 0.15) is 44.7 Å². The maximum Gasteiger partial charge on any atom is 0.225 e. The molecule has 1 fully saturated rings. The molecule has 1 saturated heterocycles. The molecular weight excluding hydrogens is 500 g/mol. The van der Waals surface area contributed by atoms with Crippen LogP contribution in [-0.4, -0.2) is 46.7 Å². The molecule has 0 atom stereocenters. The number of benzene rings is 2. The van der Waals surface area contributed by atoms with Crippen molar-refractivity contribution < 1.29 is 27.0 Å². The Morgan fingerprint density at radius 1 is 0.974 bits per heavy atom. The summed E-state index contributed by atoms with van der Waals surface area (Å²) in [5, 5.41) is 11.8. The van der Waals surface area contributed by atoms with Gasteiger partial charge in [-0.3, -0.25) is 0 Å². The van der Waals surface area contributed by atoms with Gasteiger partial charge in [0.05, 0.1) is 6.61 Å². The number of nitrogens with zero attached hydrogens (tertiary/aromatic N) is 4. The van der Waals surface area contributed by atoms with E-state index in [1.807, 2.05) is 19.3 Å². The van der Waals surface area contributed by atoms with E-state index in [4.69, 9.17) is 4.74 Å². The van der Waals surface area contributed by atoms with Gasteiger partial charge in [-0.2, -0.15) is 0 Å². The van der Waals surface area contributed by atoms with Crippen LogP contribution in [0.4, 0.5) is 23.5 Å². The van der Waals surface area contributed by atoms with Crippen molar-refractivity contribution >= 4 is 12.2 Å². The van der Waals surface area contributed by atoms with Crippen molar-refractivity contribution in [3.8, 4) is 16.9 Å². The van der Waals surface area contributed by atoms with Gasteiger partial charge in [0.25, 0.3) is 0 Å². The molecule has 0 amide bonds. The van der Waals surface area contributed by atoms with Crippen LogP contribution < -0.4 is 9.64 Å². The molecule has 2 heterocycles. The van der Waals surface area contributed by atoms with Crippen molar-refractivity contribution in [3.63, 3.8) is 0 Å². The molecule has 6 nitrogen and oxygen atoms in total. The number of aryl methyl sites for hydroxylation is 1. The minimum atomic E-state index is -1.01. The average molecular weight is 531 g/mol. The monoisotopic (exact) mass is 530 g/mol. The van der Waals surface area contributed by atoms with Crippen LogP contribution in [0, 0.1) is 34.4 Å². The average Bonchev–Trinajstić information content (AvgIpc) is 2.90. The Hall–Kier alpha value is -3.69. The van der Waals surface area contributed by atoms with Gasteiger partial charge in [0, 0.05) is 25.5 Å². The van der Waals surface area contributed by atoms with Crippen molar-refractivity contribution in [2.75, 3.05) is 24.6 Å². The second-order valence-electron chi connectivity index (χ2n) is 9.69.